The zero-order chi connectivity index (χ0) is 14.1. The lowest BCUT2D eigenvalue weighted by Gasteiger charge is -2.50. The quantitative estimate of drug-likeness (QED) is 0.837. The fourth-order valence-electron chi connectivity index (χ4n) is 4.28. The van der Waals surface area contributed by atoms with Gasteiger partial charge in [-0.05, 0) is 57.0 Å². The standard InChI is InChI=1S/C17H26N4/c1-2-15(3-1)20-10-4-17(5-11-20)6-12-21(13-7-17)16-14-18-8-9-19-16/h8-9,14-15H,1-7,10-13H2. The number of aromatic nitrogens is 2. The molecule has 0 radical (unpaired) electrons. The molecule has 0 bridgehead atoms. The summed E-state index contributed by atoms with van der Waals surface area (Å²) >= 11 is 0. The van der Waals surface area contributed by atoms with Crippen LogP contribution in [0.5, 0.6) is 0 Å². The van der Waals surface area contributed by atoms with Crippen molar-refractivity contribution in [3.05, 3.63) is 18.6 Å². The van der Waals surface area contributed by atoms with E-state index in [1.54, 1.807) is 12.4 Å². The average molecular weight is 286 g/mol. The van der Waals surface area contributed by atoms with Gasteiger partial charge < -0.3 is 9.80 Å². The van der Waals surface area contributed by atoms with Gasteiger partial charge in [-0.2, -0.15) is 0 Å². The minimum atomic E-state index is 0.624. The molecule has 2 aliphatic heterocycles. The fraction of sp³-hybridized carbons (Fsp3) is 0.765. The van der Waals surface area contributed by atoms with Gasteiger partial charge >= 0.3 is 0 Å². The van der Waals surface area contributed by atoms with Crippen molar-refractivity contribution in [3.63, 3.8) is 0 Å². The lowest BCUT2D eigenvalue weighted by molar-refractivity contribution is 0.0305. The van der Waals surface area contributed by atoms with E-state index in [9.17, 15) is 0 Å². The molecule has 2 saturated heterocycles. The molecule has 0 unspecified atom stereocenters. The van der Waals surface area contributed by atoms with Crippen LogP contribution in [0.15, 0.2) is 18.6 Å². The van der Waals surface area contributed by atoms with E-state index in [0.29, 0.717) is 5.41 Å². The molecule has 0 N–H and O–H groups in total. The van der Waals surface area contributed by atoms with E-state index in [4.69, 9.17) is 0 Å². The lowest BCUT2D eigenvalue weighted by atomic mass is 9.70. The normalized spacial score (nSPS) is 26.8. The molecule has 1 aliphatic carbocycles. The van der Waals surface area contributed by atoms with Gasteiger partial charge in [-0.15, -0.1) is 0 Å². The summed E-state index contributed by atoms with van der Waals surface area (Å²) in [6.45, 7) is 5.00. The van der Waals surface area contributed by atoms with E-state index < -0.39 is 0 Å². The Balaban J connectivity index is 1.33. The summed E-state index contributed by atoms with van der Waals surface area (Å²) in [6, 6.07) is 0.932. The molecule has 1 saturated carbocycles. The first-order chi connectivity index (χ1) is 10.3. The molecule has 4 heteroatoms. The minimum Gasteiger partial charge on any atom is -0.355 e. The van der Waals surface area contributed by atoms with Gasteiger partial charge in [0.1, 0.15) is 5.82 Å². The molecule has 3 aliphatic rings. The molecule has 114 valence electrons. The van der Waals surface area contributed by atoms with Gasteiger partial charge in [-0.3, -0.25) is 4.98 Å². The number of anilines is 1. The van der Waals surface area contributed by atoms with Crippen LogP contribution in [0, 0.1) is 5.41 Å². The van der Waals surface area contributed by atoms with Crippen LogP contribution < -0.4 is 4.90 Å². The second kappa shape index (κ2) is 5.56. The molecule has 21 heavy (non-hydrogen) atoms. The van der Waals surface area contributed by atoms with Crippen LogP contribution in [0.25, 0.3) is 0 Å². The highest BCUT2D eigenvalue weighted by Crippen LogP contribution is 2.43. The first-order valence-electron chi connectivity index (χ1n) is 8.60. The Bertz CT molecular complexity index is 453. The average Bonchev–Trinajstić information content (AvgIpc) is 2.50. The van der Waals surface area contributed by atoms with Crippen molar-refractivity contribution in [2.75, 3.05) is 31.1 Å². The van der Waals surface area contributed by atoms with Crippen LogP contribution in [0.1, 0.15) is 44.9 Å². The van der Waals surface area contributed by atoms with Gasteiger partial charge in [-0.1, -0.05) is 6.42 Å². The lowest BCUT2D eigenvalue weighted by Crippen LogP contribution is -2.51. The Morgan fingerprint density at radius 1 is 0.952 bits per heavy atom. The second-order valence-corrected chi connectivity index (χ2v) is 7.17. The van der Waals surface area contributed by atoms with Crippen LogP contribution in [-0.4, -0.2) is 47.1 Å². The third-order valence-corrected chi connectivity index (χ3v) is 6.15. The Hall–Kier alpha value is -1.16. The third-order valence-electron chi connectivity index (χ3n) is 6.15. The summed E-state index contributed by atoms with van der Waals surface area (Å²) in [6.07, 6.45) is 15.3. The maximum absolute atomic E-state index is 4.45. The zero-order valence-corrected chi connectivity index (χ0v) is 12.9. The summed E-state index contributed by atoms with van der Waals surface area (Å²) in [4.78, 5) is 13.8. The van der Waals surface area contributed by atoms with Gasteiger partial charge in [0.2, 0.25) is 0 Å². The van der Waals surface area contributed by atoms with Crippen molar-refractivity contribution in [1.82, 2.24) is 14.9 Å². The third kappa shape index (κ3) is 2.66. The molecular formula is C17H26N4. The highest BCUT2D eigenvalue weighted by Gasteiger charge is 2.39. The highest BCUT2D eigenvalue weighted by atomic mass is 15.2. The Labute approximate surface area is 127 Å². The number of likely N-dealkylation sites (tertiary alicyclic amines) is 1. The Kier molecular flexibility index (Phi) is 3.57. The van der Waals surface area contributed by atoms with Crippen molar-refractivity contribution < 1.29 is 0 Å². The summed E-state index contributed by atoms with van der Waals surface area (Å²) in [7, 11) is 0. The van der Waals surface area contributed by atoms with Crippen molar-refractivity contribution in [1.29, 1.82) is 0 Å². The number of piperidine rings is 2. The smallest absolute Gasteiger partial charge is 0.147 e. The monoisotopic (exact) mass is 286 g/mol. The molecule has 0 aromatic carbocycles. The van der Waals surface area contributed by atoms with Crippen molar-refractivity contribution >= 4 is 5.82 Å². The van der Waals surface area contributed by atoms with Gasteiger partial charge in [-0.25, -0.2) is 4.98 Å². The number of nitrogens with zero attached hydrogens (tertiary/aromatic N) is 4. The number of hydrogen-bond donors (Lipinski definition) is 0. The molecule has 4 nitrogen and oxygen atoms in total. The minimum absolute atomic E-state index is 0.624. The highest BCUT2D eigenvalue weighted by molar-refractivity contribution is 5.35. The fourth-order valence-corrected chi connectivity index (χ4v) is 4.28. The van der Waals surface area contributed by atoms with Crippen LogP contribution >= 0.6 is 0 Å². The van der Waals surface area contributed by atoms with Crippen LogP contribution in [0.2, 0.25) is 0 Å². The molecule has 1 spiro atoms. The molecule has 3 heterocycles. The molecule has 4 rings (SSSR count). The predicted molar refractivity (Wildman–Crippen MR) is 84.4 cm³/mol. The molecule has 0 atom stereocenters. The van der Waals surface area contributed by atoms with Crippen LogP contribution in [0.4, 0.5) is 5.82 Å². The Morgan fingerprint density at radius 3 is 2.24 bits per heavy atom. The largest absolute Gasteiger partial charge is 0.355 e. The first-order valence-corrected chi connectivity index (χ1v) is 8.60. The van der Waals surface area contributed by atoms with Gasteiger partial charge in [0.15, 0.2) is 0 Å². The van der Waals surface area contributed by atoms with E-state index in [2.05, 4.69) is 19.8 Å². The number of rotatable bonds is 2. The summed E-state index contributed by atoms with van der Waals surface area (Å²) < 4.78 is 0. The predicted octanol–water partition coefficient (Wildman–Crippen LogP) is 2.71. The SMILES string of the molecule is c1cnc(N2CCC3(CC2)CCN(C2CCC2)CC3)cn1. The maximum Gasteiger partial charge on any atom is 0.147 e. The molecule has 3 fully saturated rings. The second-order valence-electron chi connectivity index (χ2n) is 7.17. The van der Waals surface area contributed by atoms with Gasteiger partial charge in [0.05, 0.1) is 6.20 Å². The zero-order valence-electron chi connectivity index (χ0n) is 12.9. The van der Waals surface area contributed by atoms with Crippen molar-refractivity contribution in [2.24, 2.45) is 5.41 Å². The molecular weight excluding hydrogens is 260 g/mol. The Morgan fingerprint density at radius 2 is 1.67 bits per heavy atom. The van der Waals surface area contributed by atoms with E-state index in [1.807, 2.05) is 6.20 Å². The van der Waals surface area contributed by atoms with Crippen LogP contribution in [-0.2, 0) is 0 Å². The molecule has 1 aromatic heterocycles. The summed E-state index contributed by atoms with van der Waals surface area (Å²) in [5, 5.41) is 0. The number of hydrogen-bond acceptors (Lipinski definition) is 4. The maximum atomic E-state index is 4.45. The van der Waals surface area contributed by atoms with Crippen LogP contribution in [0.3, 0.4) is 0 Å². The first kappa shape index (κ1) is 13.5. The van der Waals surface area contributed by atoms with Crippen molar-refractivity contribution in [2.45, 2.75) is 51.0 Å². The van der Waals surface area contributed by atoms with Crippen molar-refractivity contribution in [3.8, 4) is 0 Å². The van der Waals surface area contributed by atoms with E-state index >= 15 is 0 Å². The van der Waals surface area contributed by atoms with Gasteiger partial charge in [0, 0.05) is 31.5 Å². The summed E-state index contributed by atoms with van der Waals surface area (Å²) in [5.74, 6) is 1.05. The summed E-state index contributed by atoms with van der Waals surface area (Å²) in [5.41, 5.74) is 0.624. The van der Waals surface area contributed by atoms with E-state index in [0.717, 1.165) is 24.9 Å². The topological polar surface area (TPSA) is 32.3 Å². The molecule has 1 aromatic rings. The van der Waals surface area contributed by atoms with E-state index in [1.165, 1.54) is 58.0 Å². The van der Waals surface area contributed by atoms with Gasteiger partial charge in [0.25, 0.3) is 0 Å². The van der Waals surface area contributed by atoms with E-state index in [-0.39, 0.29) is 0 Å². The molecule has 0 amide bonds.